The Bertz CT molecular complexity index is 570. The fourth-order valence-corrected chi connectivity index (χ4v) is 3.35. The van der Waals surface area contributed by atoms with Gasteiger partial charge in [0.2, 0.25) is 0 Å². The molecule has 146 valence electrons. The average molecular weight is 363 g/mol. The molecule has 0 aromatic heterocycles. The molecule has 5 heteroatoms. The Hall–Kier alpha value is -1.59. The Kier molecular flexibility index (Phi) is 7.07. The fraction of sp³-hybridized carbons (Fsp3) is 0.667. The van der Waals surface area contributed by atoms with Gasteiger partial charge in [-0.3, -0.25) is 4.90 Å². The topological polar surface area (TPSA) is 42.0 Å². The molecule has 0 spiro atoms. The highest BCUT2D eigenvalue weighted by Crippen LogP contribution is 2.22. The minimum absolute atomic E-state index is 0.253. The number of ether oxygens (including phenoxy) is 2. The molecule has 0 aliphatic carbocycles. The Labute approximate surface area is 158 Å². The molecule has 1 amide bonds. The van der Waals surface area contributed by atoms with Gasteiger partial charge in [-0.15, -0.1) is 0 Å². The maximum Gasteiger partial charge on any atom is 0.410 e. The van der Waals surface area contributed by atoms with Crippen LogP contribution in [0.5, 0.6) is 0 Å². The predicted octanol–water partition coefficient (Wildman–Crippen LogP) is 3.92. The van der Waals surface area contributed by atoms with Crippen LogP contribution in [0.25, 0.3) is 0 Å². The zero-order valence-corrected chi connectivity index (χ0v) is 17.0. The molecule has 1 aromatic carbocycles. The number of hydrogen-bond acceptors (Lipinski definition) is 4. The molecular formula is C21H34N2O3. The smallest absolute Gasteiger partial charge is 0.410 e. The molecule has 1 heterocycles. The van der Waals surface area contributed by atoms with E-state index in [0.29, 0.717) is 19.7 Å². The van der Waals surface area contributed by atoms with Crippen LogP contribution in [-0.4, -0.2) is 59.9 Å². The van der Waals surface area contributed by atoms with Gasteiger partial charge in [-0.1, -0.05) is 37.3 Å². The monoisotopic (exact) mass is 362 g/mol. The van der Waals surface area contributed by atoms with Crippen molar-refractivity contribution in [3.05, 3.63) is 35.9 Å². The van der Waals surface area contributed by atoms with E-state index < -0.39 is 5.60 Å². The highest BCUT2D eigenvalue weighted by Gasteiger charge is 2.37. The third kappa shape index (κ3) is 6.61. The summed E-state index contributed by atoms with van der Waals surface area (Å²) in [5.74, 6) is 0. The average Bonchev–Trinajstić information content (AvgIpc) is 2.54. The summed E-state index contributed by atoms with van der Waals surface area (Å²) in [4.78, 5) is 16.6. The highest BCUT2D eigenvalue weighted by molar-refractivity contribution is 5.68. The lowest BCUT2D eigenvalue weighted by Crippen LogP contribution is -2.57. The summed E-state index contributed by atoms with van der Waals surface area (Å²) in [6.45, 7) is 14.3. The van der Waals surface area contributed by atoms with E-state index in [2.05, 4.69) is 43.0 Å². The quantitative estimate of drug-likeness (QED) is 0.769. The molecule has 1 aliphatic heterocycles. The number of benzene rings is 1. The number of carbonyl (C=O) groups is 1. The maximum absolute atomic E-state index is 12.4. The molecule has 1 fully saturated rings. The summed E-state index contributed by atoms with van der Waals surface area (Å²) in [5, 5.41) is 0. The van der Waals surface area contributed by atoms with E-state index in [1.807, 2.05) is 26.8 Å². The number of morpholine rings is 1. The van der Waals surface area contributed by atoms with E-state index in [4.69, 9.17) is 9.47 Å². The predicted molar refractivity (Wildman–Crippen MR) is 104 cm³/mol. The summed E-state index contributed by atoms with van der Waals surface area (Å²) < 4.78 is 11.6. The number of nitrogens with zero attached hydrogens (tertiary/aromatic N) is 2. The minimum Gasteiger partial charge on any atom is -0.444 e. The maximum atomic E-state index is 12.4. The van der Waals surface area contributed by atoms with E-state index in [1.54, 1.807) is 4.90 Å². The molecule has 0 N–H and O–H groups in total. The third-order valence-corrected chi connectivity index (χ3v) is 4.34. The summed E-state index contributed by atoms with van der Waals surface area (Å²) in [6, 6.07) is 10.5. The van der Waals surface area contributed by atoms with Crippen LogP contribution in [0, 0.1) is 0 Å². The van der Waals surface area contributed by atoms with Gasteiger partial charge in [0.1, 0.15) is 5.60 Å². The van der Waals surface area contributed by atoms with Gasteiger partial charge in [0, 0.05) is 19.6 Å². The van der Waals surface area contributed by atoms with Crippen molar-refractivity contribution in [1.82, 2.24) is 9.80 Å². The van der Waals surface area contributed by atoms with Crippen LogP contribution in [0.2, 0.25) is 0 Å². The van der Waals surface area contributed by atoms with Crippen molar-refractivity contribution in [3.63, 3.8) is 0 Å². The van der Waals surface area contributed by atoms with Crippen molar-refractivity contribution in [1.29, 1.82) is 0 Å². The van der Waals surface area contributed by atoms with Crippen LogP contribution < -0.4 is 0 Å². The standard InChI is InChI=1S/C21H34N2O3/c1-6-12-22(15-18-10-8-7-9-11-18)16-21(5)17-23(13-14-25-21)19(24)26-20(2,3)4/h7-11H,6,12-17H2,1-5H3. The summed E-state index contributed by atoms with van der Waals surface area (Å²) in [5.41, 5.74) is 0.427. The van der Waals surface area contributed by atoms with Gasteiger partial charge < -0.3 is 14.4 Å². The fourth-order valence-electron chi connectivity index (χ4n) is 3.35. The number of carbonyl (C=O) groups excluding carboxylic acids is 1. The molecule has 1 unspecified atom stereocenters. The first-order chi connectivity index (χ1) is 12.2. The van der Waals surface area contributed by atoms with Crippen molar-refractivity contribution >= 4 is 6.09 Å². The molecule has 1 atom stereocenters. The van der Waals surface area contributed by atoms with E-state index in [1.165, 1.54) is 5.56 Å². The summed E-state index contributed by atoms with van der Waals surface area (Å²) in [7, 11) is 0. The molecule has 5 nitrogen and oxygen atoms in total. The summed E-state index contributed by atoms with van der Waals surface area (Å²) in [6.07, 6.45) is 0.829. The van der Waals surface area contributed by atoms with E-state index in [9.17, 15) is 4.79 Å². The molecule has 1 saturated heterocycles. The second-order valence-corrected chi connectivity index (χ2v) is 8.40. The first-order valence-corrected chi connectivity index (χ1v) is 9.59. The van der Waals surface area contributed by atoms with Gasteiger partial charge in [-0.05, 0) is 46.2 Å². The minimum atomic E-state index is -0.479. The van der Waals surface area contributed by atoms with Gasteiger partial charge in [0.15, 0.2) is 0 Å². The van der Waals surface area contributed by atoms with Crippen LogP contribution in [0.1, 0.15) is 46.6 Å². The lowest BCUT2D eigenvalue weighted by atomic mass is 10.0. The van der Waals surface area contributed by atoms with Crippen LogP contribution >= 0.6 is 0 Å². The van der Waals surface area contributed by atoms with E-state index >= 15 is 0 Å². The zero-order valence-electron chi connectivity index (χ0n) is 17.0. The normalized spacial score (nSPS) is 21.1. The van der Waals surface area contributed by atoms with Gasteiger partial charge >= 0.3 is 6.09 Å². The van der Waals surface area contributed by atoms with Crippen molar-refractivity contribution in [2.45, 2.75) is 58.8 Å². The Morgan fingerprint density at radius 1 is 1.31 bits per heavy atom. The number of rotatable bonds is 6. The number of amides is 1. The second-order valence-electron chi connectivity index (χ2n) is 8.40. The SMILES string of the molecule is CCCN(Cc1ccccc1)CC1(C)CN(C(=O)OC(C)(C)C)CCO1. The van der Waals surface area contributed by atoms with Crippen LogP contribution in [0.15, 0.2) is 30.3 Å². The molecule has 0 radical (unpaired) electrons. The molecule has 26 heavy (non-hydrogen) atoms. The Morgan fingerprint density at radius 3 is 2.62 bits per heavy atom. The van der Waals surface area contributed by atoms with Crippen molar-refractivity contribution in [2.24, 2.45) is 0 Å². The molecular weight excluding hydrogens is 328 g/mol. The van der Waals surface area contributed by atoms with Crippen molar-refractivity contribution < 1.29 is 14.3 Å². The van der Waals surface area contributed by atoms with Gasteiger partial charge in [-0.2, -0.15) is 0 Å². The van der Waals surface area contributed by atoms with Gasteiger partial charge in [-0.25, -0.2) is 4.79 Å². The lowest BCUT2D eigenvalue weighted by Gasteiger charge is -2.43. The van der Waals surface area contributed by atoms with Crippen molar-refractivity contribution in [2.75, 3.05) is 32.8 Å². The molecule has 1 aromatic rings. The third-order valence-electron chi connectivity index (χ3n) is 4.34. The molecule has 2 rings (SSSR count). The zero-order chi connectivity index (χ0) is 19.2. The van der Waals surface area contributed by atoms with Crippen LogP contribution in [-0.2, 0) is 16.0 Å². The molecule has 1 aliphatic rings. The number of hydrogen-bond donors (Lipinski definition) is 0. The first-order valence-electron chi connectivity index (χ1n) is 9.59. The van der Waals surface area contributed by atoms with E-state index in [-0.39, 0.29) is 11.7 Å². The summed E-state index contributed by atoms with van der Waals surface area (Å²) >= 11 is 0. The first kappa shape index (κ1) is 20.7. The lowest BCUT2D eigenvalue weighted by molar-refractivity contribution is -0.111. The highest BCUT2D eigenvalue weighted by atomic mass is 16.6. The molecule has 0 saturated carbocycles. The Balaban J connectivity index is 2.00. The van der Waals surface area contributed by atoms with Gasteiger partial charge in [0.25, 0.3) is 0 Å². The van der Waals surface area contributed by atoms with Crippen LogP contribution in [0.3, 0.4) is 0 Å². The van der Waals surface area contributed by atoms with Crippen molar-refractivity contribution in [3.8, 4) is 0 Å². The van der Waals surface area contributed by atoms with Gasteiger partial charge in [0.05, 0.1) is 18.8 Å². The second kappa shape index (κ2) is 8.87. The largest absolute Gasteiger partial charge is 0.444 e. The van der Waals surface area contributed by atoms with Crippen LogP contribution in [0.4, 0.5) is 4.79 Å². The Morgan fingerprint density at radius 2 is 2.00 bits per heavy atom. The molecule has 0 bridgehead atoms. The van der Waals surface area contributed by atoms with E-state index in [0.717, 1.165) is 26.1 Å².